The molecular weight excluding hydrogens is 581 g/mol. The van der Waals surface area contributed by atoms with E-state index in [4.69, 9.17) is 10.5 Å². The Morgan fingerprint density at radius 3 is 2.51 bits per heavy atom. The van der Waals surface area contributed by atoms with Crippen LogP contribution in [-0.2, 0) is 26.0 Å². The molecular formula is C31H41F3N4O4S. The first-order valence-corrected chi connectivity index (χ1v) is 16.7. The lowest BCUT2D eigenvalue weighted by molar-refractivity contribution is -0.119. The van der Waals surface area contributed by atoms with Crippen molar-refractivity contribution in [1.29, 1.82) is 0 Å². The number of ether oxygens (including phenoxy) is 1. The number of amides is 1. The molecule has 0 radical (unpaired) electrons. The molecule has 1 amide bonds. The predicted molar refractivity (Wildman–Crippen MR) is 158 cm³/mol. The van der Waals surface area contributed by atoms with Crippen LogP contribution in [0.4, 0.5) is 18.9 Å². The van der Waals surface area contributed by atoms with E-state index in [9.17, 15) is 22.0 Å². The summed E-state index contributed by atoms with van der Waals surface area (Å²) in [6.45, 7) is 4.69. The van der Waals surface area contributed by atoms with E-state index in [1.807, 2.05) is 13.8 Å². The Balaban J connectivity index is 1.37. The van der Waals surface area contributed by atoms with Crippen LogP contribution in [-0.4, -0.2) is 67.8 Å². The normalized spacial score (nSPS) is 30.2. The molecule has 0 saturated carbocycles. The monoisotopic (exact) mass is 622 g/mol. The molecule has 7 atom stereocenters. The molecule has 5 rings (SSSR count). The fraction of sp³-hybridized carbons (Fsp3) is 0.581. The van der Waals surface area contributed by atoms with Gasteiger partial charge in [0.25, 0.3) is 0 Å². The summed E-state index contributed by atoms with van der Waals surface area (Å²) in [5.41, 5.74) is 7.37. The summed E-state index contributed by atoms with van der Waals surface area (Å²) in [4.78, 5) is 13.7. The largest absolute Gasteiger partial charge is 0.376 e. The number of nitrogens with two attached hydrogens (primary N) is 1. The van der Waals surface area contributed by atoms with E-state index >= 15 is 4.39 Å². The second-order valence-corrected chi connectivity index (χ2v) is 14.3. The lowest BCUT2D eigenvalue weighted by Crippen LogP contribution is -2.57. The number of fused-ring (bicyclic) bond motifs is 2. The van der Waals surface area contributed by atoms with Crippen molar-refractivity contribution < 1.29 is 31.1 Å². The van der Waals surface area contributed by atoms with Gasteiger partial charge in [-0.15, -0.1) is 0 Å². The second kappa shape index (κ2) is 13.2. The molecule has 43 heavy (non-hydrogen) atoms. The van der Waals surface area contributed by atoms with E-state index in [0.717, 1.165) is 12.5 Å². The number of rotatable bonds is 8. The van der Waals surface area contributed by atoms with Crippen molar-refractivity contribution in [1.82, 2.24) is 9.62 Å². The van der Waals surface area contributed by atoms with Gasteiger partial charge in [-0.25, -0.2) is 21.6 Å². The fourth-order valence-electron chi connectivity index (χ4n) is 7.10. The van der Waals surface area contributed by atoms with E-state index < -0.39 is 51.4 Å². The Morgan fingerprint density at radius 2 is 1.81 bits per heavy atom. The van der Waals surface area contributed by atoms with Crippen molar-refractivity contribution in [3.8, 4) is 0 Å². The van der Waals surface area contributed by atoms with Crippen molar-refractivity contribution in [2.45, 2.75) is 88.6 Å². The van der Waals surface area contributed by atoms with Gasteiger partial charge in [0.2, 0.25) is 15.9 Å². The molecule has 3 fully saturated rings. The number of halogens is 3. The van der Waals surface area contributed by atoms with E-state index in [0.29, 0.717) is 37.9 Å². The van der Waals surface area contributed by atoms with Gasteiger partial charge in [0.1, 0.15) is 5.82 Å². The van der Waals surface area contributed by atoms with Gasteiger partial charge in [0.15, 0.2) is 11.6 Å². The molecule has 3 saturated heterocycles. The second-order valence-electron chi connectivity index (χ2n) is 12.3. The molecule has 7 unspecified atom stereocenters. The van der Waals surface area contributed by atoms with Gasteiger partial charge in [-0.1, -0.05) is 12.1 Å². The van der Waals surface area contributed by atoms with Crippen molar-refractivity contribution >= 4 is 21.6 Å². The van der Waals surface area contributed by atoms with Crippen LogP contribution >= 0.6 is 0 Å². The highest BCUT2D eigenvalue weighted by molar-refractivity contribution is 7.89. The first-order valence-electron chi connectivity index (χ1n) is 15.1. The maximum absolute atomic E-state index is 15.2. The first kappa shape index (κ1) is 31.9. The van der Waals surface area contributed by atoms with Gasteiger partial charge in [-0.2, -0.15) is 4.31 Å². The third-order valence-corrected chi connectivity index (χ3v) is 11.1. The molecule has 0 aliphatic carbocycles. The number of carbonyl (C=O) groups excluding carboxylic acids is 1. The number of anilines is 1. The molecule has 3 aliphatic heterocycles. The maximum Gasteiger partial charge on any atom is 0.241 e. The summed E-state index contributed by atoms with van der Waals surface area (Å²) >= 11 is 0. The predicted octanol–water partition coefficient (Wildman–Crippen LogP) is 4.06. The van der Waals surface area contributed by atoms with E-state index in [2.05, 4.69) is 10.6 Å². The Kier molecular flexibility index (Phi) is 9.82. The number of piperazine rings is 1. The molecule has 8 nitrogen and oxygen atoms in total. The van der Waals surface area contributed by atoms with Gasteiger partial charge in [0.05, 0.1) is 24.0 Å². The average molecular weight is 623 g/mol. The molecule has 2 bridgehead atoms. The number of carbonyl (C=O) groups is 1. The number of nitrogens with zero attached hydrogens (tertiary/aromatic N) is 1. The van der Waals surface area contributed by atoms with Crippen LogP contribution in [0.3, 0.4) is 0 Å². The van der Waals surface area contributed by atoms with Crippen molar-refractivity contribution in [2.75, 3.05) is 24.2 Å². The number of nitrogens with one attached hydrogen (secondary N) is 2. The maximum atomic E-state index is 15.2. The van der Waals surface area contributed by atoms with Crippen LogP contribution in [0.2, 0.25) is 0 Å². The molecule has 3 aliphatic rings. The zero-order valence-corrected chi connectivity index (χ0v) is 25.4. The summed E-state index contributed by atoms with van der Waals surface area (Å²) in [6.07, 6.45) is 2.78. The van der Waals surface area contributed by atoms with Crippen LogP contribution in [0.15, 0.2) is 36.4 Å². The molecule has 2 aromatic rings. The summed E-state index contributed by atoms with van der Waals surface area (Å²) < 4.78 is 76.6. The first-order chi connectivity index (χ1) is 20.4. The number of hydrogen-bond donors (Lipinski definition) is 3. The zero-order valence-electron chi connectivity index (χ0n) is 24.6. The highest BCUT2D eigenvalue weighted by Gasteiger charge is 2.39. The van der Waals surface area contributed by atoms with Crippen molar-refractivity contribution in [2.24, 2.45) is 11.7 Å². The Bertz CT molecular complexity index is 1400. The zero-order chi connectivity index (χ0) is 30.9. The Hall–Kier alpha value is -2.51. The van der Waals surface area contributed by atoms with Gasteiger partial charge >= 0.3 is 0 Å². The molecule has 0 aromatic heterocycles. The van der Waals surface area contributed by atoms with Crippen LogP contribution in [0, 0.1) is 23.4 Å². The summed E-state index contributed by atoms with van der Waals surface area (Å²) in [7, 11) is -3.45. The van der Waals surface area contributed by atoms with Crippen LogP contribution in [0.25, 0.3) is 0 Å². The quantitative estimate of drug-likeness (QED) is 0.410. The van der Waals surface area contributed by atoms with Crippen LogP contribution in [0.5, 0.6) is 0 Å². The van der Waals surface area contributed by atoms with Gasteiger partial charge < -0.3 is 21.1 Å². The molecule has 236 valence electrons. The van der Waals surface area contributed by atoms with Crippen LogP contribution in [0.1, 0.15) is 63.0 Å². The summed E-state index contributed by atoms with van der Waals surface area (Å²) in [5.74, 6) is -3.58. The Labute approximate surface area is 251 Å². The SMILES string of the molecule is CC1CC(C(c2ccc(F)cc2)C(N)C(=O)Nc2ccc(F)c(F)c2CCC2CNC3CCCS(=O)(=O)N2C3)CC(C)O1. The summed E-state index contributed by atoms with van der Waals surface area (Å²) in [5, 5.41) is 6.11. The minimum Gasteiger partial charge on any atom is -0.376 e. The molecule has 3 heterocycles. The molecule has 2 aromatic carbocycles. The smallest absolute Gasteiger partial charge is 0.241 e. The molecule has 0 spiro atoms. The Morgan fingerprint density at radius 1 is 1.12 bits per heavy atom. The van der Waals surface area contributed by atoms with Crippen LogP contribution < -0.4 is 16.4 Å². The van der Waals surface area contributed by atoms with Gasteiger partial charge in [0, 0.05) is 42.3 Å². The van der Waals surface area contributed by atoms with Gasteiger partial charge in [-0.3, -0.25) is 4.79 Å². The average Bonchev–Trinajstić information content (AvgIpc) is 3.07. The number of benzene rings is 2. The lowest BCUT2D eigenvalue weighted by atomic mass is 9.74. The van der Waals surface area contributed by atoms with Crippen molar-refractivity contribution in [3.63, 3.8) is 0 Å². The van der Waals surface area contributed by atoms with E-state index in [1.54, 1.807) is 12.1 Å². The highest BCUT2D eigenvalue weighted by atomic mass is 32.2. The highest BCUT2D eigenvalue weighted by Crippen LogP contribution is 2.39. The fourth-order valence-corrected chi connectivity index (χ4v) is 8.90. The third-order valence-electron chi connectivity index (χ3n) is 9.13. The minimum atomic E-state index is -3.45. The standard InChI is InChI=1S/C31H41F3N4O4S/c1-18-14-21(15-19(2)42-18)28(20-5-7-22(32)8-6-20)30(35)31(39)37-27-12-11-26(33)29(34)25(27)10-9-24-16-36-23-4-3-13-43(40,41)38(24)17-23/h5-8,11-12,18-19,21,23-24,28,30,36H,3-4,9-10,13-17,35H2,1-2H3,(H,37,39). The topological polar surface area (TPSA) is 114 Å². The van der Waals surface area contributed by atoms with E-state index in [1.165, 1.54) is 22.5 Å². The third kappa shape index (κ3) is 7.25. The summed E-state index contributed by atoms with van der Waals surface area (Å²) in [6, 6.07) is 6.75. The number of hydrogen-bond acceptors (Lipinski definition) is 6. The van der Waals surface area contributed by atoms with Gasteiger partial charge in [-0.05, 0) is 88.1 Å². The molecule has 12 heteroatoms. The number of sulfonamides is 1. The van der Waals surface area contributed by atoms with Crippen molar-refractivity contribution in [3.05, 3.63) is 65.0 Å². The van der Waals surface area contributed by atoms with E-state index in [-0.39, 0.29) is 54.0 Å². The lowest BCUT2D eigenvalue weighted by Gasteiger charge is -2.39. The minimum absolute atomic E-state index is 0.00780. The molecule has 4 N–H and O–H groups in total.